The number of hydrogen-bond acceptors (Lipinski definition) is 3. The van der Waals surface area contributed by atoms with Crippen LogP contribution in [-0.2, 0) is 0 Å². The van der Waals surface area contributed by atoms with Crippen LogP contribution in [0.5, 0.6) is 0 Å². The molecule has 0 radical (unpaired) electrons. The Labute approximate surface area is 152 Å². The quantitative estimate of drug-likeness (QED) is 0.401. The molecule has 4 heteroatoms. The highest BCUT2D eigenvalue weighted by atomic mass is 15.2. The molecule has 26 heavy (non-hydrogen) atoms. The van der Waals surface area contributed by atoms with Crippen molar-refractivity contribution in [3.05, 3.63) is 83.6 Å². The second-order valence-corrected chi connectivity index (χ2v) is 6.56. The predicted octanol–water partition coefficient (Wildman–Crippen LogP) is 6.34. The molecule has 0 N–H and O–H groups in total. The summed E-state index contributed by atoms with van der Waals surface area (Å²) in [5.41, 5.74) is 7.03. The molecular formula is C22H20N4. The van der Waals surface area contributed by atoms with E-state index in [9.17, 15) is 0 Å². The van der Waals surface area contributed by atoms with E-state index in [2.05, 4.69) is 47.5 Å². The Hall–Kier alpha value is -3.27. The van der Waals surface area contributed by atoms with Crippen LogP contribution in [0.4, 0.5) is 11.5 Å². The maximum atomic E-state index is 4.80. The van der Waals surface area contributed by atoms with Gasteiger partial charge in [-0.05, 0) is 56.2 Å². The van der Waals surface area contributed by atoms with Crippen molar-refractivity contribution in [1.82, 2.24) is 9.38 Å². The molecule has 0 spiro atoms. The van der Waals surface area contributed by atoms with Gasteiger partial charge in [0.05, 0.1) is 5.69 Å². The standard InChI is InChI=1S/C22H20N4/c1-15-12-16(2)14-19(13-15)24-25-22-21(18-9-5-4-6-10-18)23-20-11-7-8-17(3)26(20)22/h4-14H,1-3H3. The summed E-state index contributed by atoms with van der Waals surface area (Å²) in [6.45, 7) is 6.19. The number of aromatic nitrogens is 2. The van der Waals surface area contributed by atoms with Crippen LogP contribution in [0.2, 0.25) is 0 Å². The van der Waals surface area contributed by atoms with E-state index >= 15 is 0 Å². The molecule has 0 fully saturated rings. The maximum absolute atomic E-state index is 4.80. The van der Waals surface area contributed by atoms with Crippen molar-refractivity contribution in [3.63, 3.8) is 0 Å². The highest BCUT2D eigenvalue weighted by Crippen LogP contribution is 2.33. The Morgan fingerprint density at radius 1 is 0.769 bits per heavy atom. The fourth-order valence-corrected chi connectivity index (χ4v) is 3.23. The minimum absolute atomic E-state index is 0.753. The molecule has 0 saturated heterocycles. The molecule has 2 aromatic heterocycles. The number of fused-ring (bicyclic) bond motifs is 1. The van der Waals surface area contributed by atoms with Gasteiger partial charge in [-0.2, -0.15) is 0 Å². The van der Waals surface area contributed by atoms with Gasteiger partial charge in [0.25, 0.3) is 0 Å². The third-order valence-corrected chi connectivity index (χ3v) is 4.33. The van der Waals surface area contributed by atoms with Crippen molar-refractivity contribution >= 4 is 17.2 Å². The highest BCUT2D eigenvalue weighted by Gasteiger charge is 2.15. The van der Waals surface area contributed by atoms with Gasteiger partial charge in [0.2, 0.25) is 0 Å². The van der Waals surface area contributed by atoms with Crippen molar-refractivity contribution in [2.24, 2.45) is 10.2 Å². The molecule has 0 saturated carbocycles. The molecule has 4 aromatic rings. The second-order valence-electron chi connectivity index (χ2n) is 6.56. The van der Waals surface area contributed by atoms with Crippen LogP contribution in [0.15, 0.2) is 77.0 Å². The minimum atomic E-state index is 0.753. The zero-order valence-corrected chi connectivity index (χ0v) is 15.1. The van der Waals surface area contributed by atoms with Crippen LogP contribution < -0.4 is 0 Å². The first-order valence-electron chi connectivity index (χ1n) is 8.65. The summed E-state index contributed by atoms with van der Waals surface area (Å²) in [5, 5.41) is 9.12. The lowest BCUT2D eigenvalue weighted by atomic mass is 10.1. The average Bonchev–Trinajstić information content (AvgIpc) is 3.00. The molecule has 0 aliphatic rings. The number of hydrogen-bond donors (Lipinski definition) is 0. The maximum Gasteiger partial charge on any atom is 0.187 e. The Bertz CT molecular complexity index is 1090. The topological polar surface area (TPSA) is 42.0 Å². The molecule has 2 heterocycles. The Kier molecular flexibility index (Phi) is 4.09. The van der Waals surface area contributed by atoms with Crippen LogP contribution in [0.3, 0.4) is 0 Å². The van der Waals surface area contributed by atoms with Gasteiger partial charge in [0, 0.05) is 11.3 Å². The lowest BCUT2D eigenvalue weighted by molar-refractivity contribution is 1.05. The van der Waals surface area contributed by atoms with Crippen LogP contribution in [0.25, 0.3) is 16.9 Å². The fourth-order valence-electron chi connectivity index (χ4n) is 3.23. The average molecular weight is 340 g/mol. The number of azo groups is 1. The van der Waals surface area contributed by atoms with Gasteiger partial charge in [-0.25, -0.2) is 4.98 Å². The highest BCUT2D eigenvalue weighted by molar-refractivity contribution is 5.74. The SMILES string of the molecule is Cc1cc(C)cc(N=Nc2c(-c3ccccc3)nc3cccc(C)n23)c1. The van der Waals surface area contributed by atoms with E-state index in [1.165, 1.54) is 11.1 Å². The first kappa shape index (κ1) is 16.2. The van der Waals surface area contributed by atoms with E-state index in [0.717, 1.165) is 34.1 Å². The lowest BCUT2D eigenvalue weighted by Crippen LogP contribution is -1.89. The van der Waals surface area contributed by atoms with Crippen molar-refractivity contribution in [2.45, 2.75) is 20.8 Å². The van der Waals surface area contributed by atoms with Crippen LogP contribution in [0.1, 0.15) is 16.8 Å². The summed E-state index contributed by atoms with van der Waals surface area (Å²) in [6.07, 6.45) is 0. The van der Waals surface area contributed by atoms with Gasteiger partial charge in [0.1, 0.15) is 11.3 Å². The smallest absolute Gasteiger partial charge is 0.187 e. The zero-order chi connectivity index (χ0) is 18.1. The van der Waals surface area contributed by atoms with E-state index in [4.69, 9.17) is 4.98 Å². The molecular weight excluding hydrogens is 320 g/mol. The molecule has 2 aromatic carbocycles. The lowest BCUT2D eigenvalue weighted by Gasteiger charge is -2.03. The molecule has 0 unspecified atom stereocenters. The van der Waals surface area contributed by atoms with E-state index in [-0.39, 0.29) is 0 Å². The molecule has 0 atom stereocenters. The number of benzene rings is 2. The molecule has 128 valence electrons. The monoisotopic (exact) mass is 340 g/mol. The Morgan fingerprint density at radius 2 is 1.50 bits per heavy atom. The van der Waals surface area contributed by atoms with E-state index in [1.807, 2.05) is 54.6 Å². The van der Waals surface area contributed by atoms with Gasteiger partial charge in [-0.15, -0.1) is 10.2 Å². The summed E-state index contributed by atoms with van der Waals surface area (Å²) in [7, 11) is 0. The number of rotatable bonds is 3. The van der Waals surface area contributed by atoms with Crippen molar-refractivity contribution in [1.29, 1.82) is 0 Å². The third-order valence-electron chi connectivity index (χ3n) is 4.33. The number of nitrogens with zero attached hydrogens (tertiary/aromatic N) is 4. The number of imidazole rings is 1. The molecule has 0 bridgehead atoms. The van der Waals surface area contributed by atoms with E-state index in [0.29, 0.717) is 0 Å². The van der Waals surface area contributed by atoms with Crippen LogP contribution in [0, 0.1) is 20.8 Å². The summed E-state index contributed by atoms with van der Waals surface area (Å²) < 4.78 is 2.05. The zero-order valence-electron chi connectivity index (χ0n) is 15.1. The van der Waals surface area contributed by atoms with Gasteiger partial charge in [0.15, 0.2) is 5.82 Å². The van der Waals surface area contributed by atoms with E-state index < -0.39 is 0 Å². The van der Waals surface area contributed by atoms with Gasteiger partial charge in [-0.3, -0.25) is 4.40 Å². The first-order valence-corrected chi connectivity index (χ1v) is 8.65. The molecule has 4 rings (SSSR count). The van der Waals surface area contributed by atoms with Crippen LogP contribution in [-0.4, -0.2) is 9.38 Å². The van der Waals surface area contributed by atoms with Gasteiger partial charge in [-0.1, -0.05) is 42.5 Å². The fraction of sp³-hybridized carbons (Fsp3) is 0.136. The van der Waals surface area contributed by atoms with Crippen molar-refractivity contribution < 1.29 is 0 Å². The molecule has 0 aliphatic carbocycles. The molecule has 0 aliphatic heterocycles. The summed E-state index contributed by atoms with van der Waals surface area (Å²) >= 11 is 0. The normalized spacial score (nSPS) is 11.5. The minimum Gasteiger partial charge on any atom is -0.280 e. The Morgan fingerprint density at radius 3 is 2.23 bits per heavy atom. The largest absolute Gasteiger partial charge is 0.280 e. The van der Waals surface area contributed by atoms with E-state index in [1.54, 1.807) is 0 Å². The first-order chi connectivity index (χ1) is 12.6. The van der Waals surface area contributed by atoms with Crippen molar-refractivity contribution in [2.75, 3.05) is 0 Å². The predicted molar refractivity (Wildman–Crippen MR) is 105 cm³/mol. The number of pyridine rings is 1. The van der Waals surface area contributed by atoms with Crippen LogP contribution >= 0.6 is 0 Å². The number of aryl methyl sites for hydroxylation is 3. The summed E-state index contributed by atoms with van der Waals surface area (Å²) in [5.74, 6) is 0.753. The summed E-state index contributed by atoms with van der Waals surface area (Å²) in [4.78, 5) is 4.80. The molecule has 0 amide bonds. The van der Waals surface area contributed by atoms with Gasteiger partial charge >= 0.3 is 0 Å². The van der Waals surface area contributed by atoms with Gasteiger partial charge < -0.3 is 0 Å². The Balaban J connectivity index is 1.91. The second kappa shape index (κ2) is 6.56. The molecule has 4 nitrogen and oxygen atoms in total. The third kappa shape index (κ3) is 3.02. The summed E-state index contributed by atoms with van der Waals surface area (Å²) in [6, 6.07) is 22.4. The van der Waals surface area contributed by atoms with Crippen molar-refractivity contribution in [3.8, 4) is 11.3 Å².